The molecular formula is C12H15ClN2O3. The molecule has 0 aliphatic carbocycles. The third-order valence-electron chi connectivity index (χ3n) is 2.17. The Morgan fingerprint density at radius 3 is 2.72 bits per heavy atom. The first-order valence-electron chi connectivity index (χ1n) is 5.47. The third-order valence-corrected chi connectivity index (χ3v) is 2.50. The molecule has 0 aliphatic heterocycles. The van der Waals surface area contributed by atoms with Gasteiger partial charge in [-0.25, -0.2) is 0 Å². The molecule has 0 fully saturated rings. The maximum Gasteiger partial charge on any atom is 0.251 e. The molecule has 0 bridgehead atoms. The van der Waals surface area contributed by atoms with Crippen LogP contribution in [0.1, 0.15) is 17.3 Å². The highest BCUT2D eigenvalue weighted by Gasteiger charge is 2.10. The molecule has 2 amide bonds. The molecule has 0 radical (unpaired) electrons. The summed E-state index contributed by atoms with van der Waals surface area (Å²) >= 11 is 5.93. The molecule has 6 heteroatoms. The van der Waals surface area contributed by atoms with Crippen molar-refractivity contribution in [3.05, 3.63) is 28.8 Å². The van der Waals surface area contributed by atoms with Crippen LogP contribution in [0, 0.1) is 0 Å². The quantitative estimate of drug-likeness (QED) is 0.855. The van der Waals surface area contributed by atoms with Crippen molar-refractivity contribution in [2.45, 2.75) is 6.92 Å². The summed E-state index contributed by atoms with van der Waals surface area (Å²) in [5.74, 6) is -0.556. The van der Waals surface area contributed by atoms with Gasteiger partial charge in [-0.1, -0.05) is 11.6 Å². The Bertz CT molecular complexity index is 449. The van der Waals surface area contributed by atoms with Gasteiger partial charge in [0.25, 0.3) is 5.91 Å². The summed E-state index contributed by atoms with van der Waals surface area (Å²) in [6.07, 6.45) is 0. The molecule has 98 valence electrons. The molecule has 1 aromatic carbocycles. The summed E-state index contributed by atoms with van der Waals surface area (Å²) in [4.78, 5) is 22.9. The molecule has 1 rings (SSSR count). The topological polar surface area (TPSA) is 67.4 Å². The van der Waals surface area contributed by atoms with Gasteiger partial charge in [-0.05, 0) is 25.1 Å². The minimum atomic E-state index is -0.312. The van der Waals surface area contributed by atoms with E-state index in [1.54, 1.807) is 19.1 Å². The van der Waals surface area contributed by atoms with Gasteiger partial charge in [-0.2, -0.15) is 0 Å². The van der Waals surface area contributed by atoms with Crippen molar-refractivity contribution in [3.63, 3.8) is 0 Å². The predicted octanol–water partition coefficient (Wildman–Crippen LogP) is 1.67. The van der Waals surface area contributed by atoms with E-state index in [0.717, 1.165) is 0 Å². The van der Waals surface area contributed by atoms with Gasteiger partial charge in [0, 0.05) is 19.2 Å². The largest absolute Gasteiger partial charge is 0.372 e. The number of hydrogen-bond acceptors (Lipinski definition) is 3. The first-order valence-corrected chi connectivity index (χ1v) is 5.85. The van der Waals surface area contributed by atoms with Crippen molar-refractivity contribution in [3.8, 4) is 0 Å². The number of ether oxygens (including phenoxy) is 1. The fourth-order valence-electron chi connectivity index (χ4n) is 1.29. The number of anilines is 1. The van der Waals surface area contributed by atoms with E-state index < -0.39 is 0 Å². The molecule has 1 aromatic rings. The summed E-state index contributed by atoms with van der Waals surface area (Å²) in [6.45, 7) is 2.21. The lowest BCUT2D eigenvalue weighted by atomic mass is 10.2. The lowest BCUT2D eigenvalue weighted by Gasteiger charge is -2.09. The van der Waals surface area contributed by atoms with E-state index in [9.17, 15) is 9.59 Å². The number of benzene rings is 1. The van der Waals surface area contributed by atoms with Crippen LogP contribution in [0.25, 0.3) is 0 Å². The summed E-state index contributed by atoms with van der Waals surface area (Å²) in [6, 6.07) is 4.66. The van der Waals surface area contributed by atoms with Gasteiger partial charge in [0.05, 0.1) is 10.7 Å². The van der Waals surface area contributed by atoms with Crippen molar-refractivity contribution >= 4 is 29.1 Å². The minimum absolute atomic E-state index is 0.0446. The van der Waals surface area contributed by atoms with E-state index in [-0.39, 0.29) is 18.4 Å². The summed E-state index contributed by atoms with van der Waals surface area (Å²) in [5.41, 5.74) is 0.816. The van der Waals surface area contributed by atoms with Crippen molar-refractivity contribution in [2.75, 3.05) is 25.6 Å². The molecule has 0 saturated heterocycles. The molecule has 0 atom stereocenters. The third kappa shape index (κ3) is 4.01. The Morgan fingerprint density at radius 2 is 2.11 bits per heavy atom. The normalized spacial score (nSPS) is 9.94. The van der Waals surface area contributed by atoms with Crippen LogP contribution < -0.4 is 10.6 Å². The lowest BCUT2D eigenvalue weighted by molar-refractivity contribution is -0.120. The average Bonchev–Trinajstić information content (AvgIpc) is 2.38. The zero-order valence-corrected chi connectivity index (χ0v) is 11.0. The Labute approximate surface area is 110 Å². The van der Waals surface area contributed by atoms with Crippen LogP contribution in [0.15, 0.2) is 18.2 Å². The maximum atomic E-state index is 11.5. The van der Waals surface area contributed by atoms with E-state index >= 15 is 0 Å². The van der Waals surface area contributed by atoms with Crippen molar-refractivity contribution in [1.82, 2.24) is 5.32 Å². The van der Waals surface area contributed by atoms with E-state index in [4.69, 9.17) is 16.3 Å². The van der Waals surface area contributed by atoms with Crippen LogP contribution in [-0.2, 0) is 9.53 Å². The van der Waals surface area contributed by atoms with Gasteiger partial charge in [-0.3, -0.25) is 9.59 Å². The van der Waals surface area contributed by atoms with Crippen LogP contribution in [0.4, 0.5) is 5.69 Å². The van der Waals surface area contributed by atoms with Gasteiger partial charge in [-0.15, -0.1) is 0 Å². The highest BCUT2D eigenvalue weighted by Crippen LogP contribution is 2.23. The minimum Gasteiger partial charge on any atom is -0.372 e. The van der Waals surface area contributed by atoms with Crippen LogP contribution in [0.3, 0.4) is 0 Å². The zero-order valence-electron chi connectivity index (χ0n) is 10.2. The van der Waals surface area contributed by atoms with Crippen LogP contribution in [0.5, 0.6) is 0 Å². The van der Waals surface area contributed by atoms with Gasteiger partial charge in [0.2, 0.25) is 5.91 Å². The van der Waals surface area contributed by atoms with Crippen LogP contribution in [0.2, 0.25) is 5.02 Å². The Morgan fingerprint density at radius 1 is 1.39 bits per heavy atom. The van der Waals surface area contributed by atoms with Crippen LogP contribution in [-0.4, -0.2) is 32.1 Å². The molecule has 0 saturated carbocycles. The summed E-state index contributed by atoms with van der Waals surface area (Å²) in [7, 11) is 1.53. The molecule has 0 unspecified atom stereocenters. The summed E-state index contributed by atoms with van der Waals surface area (Å²) < 4.78 is 4.97. The smallest absolute Gasteiger partial charge is 0.251 e. The summed E-state index contributed by atoms with van der Waals surface area (Å²) in [5, 5.41) is 5.45. The molecule has 0 aromatic heterocycles. The predicted molar refractivity (Wildman–Crippen MR) is 70.0 cm³/mol. The Hall–Kier alpha value is -1.59. The van der Waals surface area contributed by atoms with Gasteiger partial charge < -0.3 is 15.4 Å². The maximum absolute atomic E-state index is 11.5. The first kappa shape index (κ1) is 14.5. The number of rotatable bonds is 5. The number of carbonyl (C=O) groups excluding carboxylic acids is 2. The van der Waals surface area contributed by atoms with Crippen LogP contribution >= 0.6 is 11.6 Å². The number of carbonyl (C=O) groups is 2. The lowest BCUT2D eigenvalue weighted by Crippen LogP contribution is -2.20. The molecule has 2 N–H and O–H groups in total. The van der Waals surface area contributed by atoms with E-state index in [0.29, 0.717) is 22.9 Å². The fourth-order valence-corrected chi connectivity index (χ4v) is 1.45. The second kappa shape index (κ2) is 6.98. The monoisotopic (exact) mass is 270 g/mol. The second-order valence-electron chi connectivity index (χ2n) is 3.46. The molecule has 0 aliphatic rings. The Balaban J connectivity index is 2.81. The van der Waals surface area contributed by atoms with Gasteiger partial charge >= 0.3 is 0 Å². The second-order valence-corrected chi connectivity index (χ2v) is 3.87. The average molecular weight is 271 g/mol. The number of amides is 2. The van der Waals surface area contributed by atoms with E-state index in [1.807, 2.05) is 0 Å². The van der Waals surface area contributed by atoms with Gasteiger partial charge in [0.1, 0.15) is 6.61 Å². The first-order chi connectivity index (χ1) is 8.58. The number of nitrogens with one attached hydrogen (secondary N) is 2. The van der Waals surface area contributed by atoms with E-state index in [2.05, 4.69) is 10.6 Å². The SMILES string of the molecule is CCOCC(=O)Nc1cc(C(=O)NC)ccc1Cl. The van der Waals surface area contributed by atoms with E-state index in [1.165, 1.54) is 13.1 Å². The molecular weight excluding hydrogens is 256 g/mol. The number of halogens is 1. The molecule has 0 spiro atoms. The highest BCUT2D eigenvalue weighted by atomic mass is 35.5. The standard InChI is InChI=1S/C12H15ClN2O3/c1-3-18-7-11(16)15-10-6-8(12(17)14-2)4-5-9(10)13/h4-6H,3,7H2,1-2H3,(H,14,17)(H,15,16). The molecule has 18 heavy (non-hydrogen) atoms. The highest BCUT2D eigenvalue weighted by molar-refractivity contribution is 6.33. The zero-order chi connectivity index (χ0) is 13.5. The van der Waals surface area contributed by atoms with Crippen molar-refractivity contribution < 1.29 is 14.3 Å². The van der Waals surface area contributed by atoms with Crippen molar-refractivity contribution in [1.29, 1.82) is 0 Å². The fraction of sp³-hybridized carbons (Fsp3) is 0.333. The number of hydrogen-bond donors (Lipinski definition) is 2. The van der Waals surface area contributed by atoms with Gasteiger partial charge in [0.15, 0.2) is 0 Å². The Kier molecular flexibility index (Phi) is 5.61. The van der Waals surface area contributed by atoms with Crippen molar-refractivity contribution in [2.24, 2.45) is 0 Å². The molecule has 0 heterocycles. The molecule has 5 nitrogen and oxygen atoms in total.